The molecular formula is C20H34N2O4S. The van der Waals surface area contributed by atoms with Gasteiger partial charge in [-0.25, -0.2) is 8.42 Å². The molecule has 0 amide bonds. The fourth-order valence-corrected chi connectivity index (χ4v) is 4.48. The van der Waals surface area contributed by atoms with Gasteiger partial charge in [-0.15, -0.1) is 0 Å². The van der Waals surface area contributed by atoms with Crippen LogP contribution in [-0.2, 0) is 9.84 Å². The molecule has 7 heteroatoms. The molecule has 0 aromatic heterocycles. The topological polar surface area (TPSA) is 78.9 Å². The Morgan fingerprint density at radius 2 is 1.81 bits per heavy atom. The van der Waals surface area contributed by atoms with Crippen molar-refractivity contribution in [2.24, 2.45) is 0 Å². The van der Waals surface area contributed by atoms with Crippen LogP contribution in [0, 0.1) is 0 Å². The number of nitrogens with zero attached hydrogens (tertiary/aromatic N) is 1. The minimum atomic E-state index is -3.25. The van der Waals surface area contributed by atoms with E-state index in [4.69, 9.17) is 4.74 Å². The van der Waals surface area contributed by atoms with Crippen molar-refractivity contribution in [3.05, 3.63) is 24.3 Å². The summed E-state index contributed by atoms with van der Waals surface area (Å²) in [4.78, 5) is 2.54. The number of aliphatic hydroxyl groups is 1. The molecule has 0 spiro atoms. The highest BCUT2D eigenvalue weighted by Gasteiger charge is 2.32. The molecule has 0 aliphatic carbocycles. The first-order chi connectivity index (χ1) is 12.7. The molecule has 154 valence electrons. The van der Waals surface area contributed by atoms with Gasteiger partial charge in [0, 0.05) is 32.7 Å². The minimum Gasteiger partial charge on any atom is -0.485 e. The number of sulfone groups is 1. The summed E-state index contributed by atoms with van der Waals surface area (Å²) < 4.78 is 30.7. The summed E-state index contributed by atoms with van der Waals surface area (Å²) in [6.45, 7) is 10.0. The van der Waals surface area contributed by atoms with Crippen molar-refractivity contribution in [1.29, 1.82) is 0 Å². The number of benzene rings is 1. The number of unbranched alkanes of at least 4 members (excludes halogenated alkanes) is 2. The summed E-state index contributed by atoms with van der Waals surface area (Å²) in [7, 11) is -3.25. The number of β-amino-alcohol motifs (C(OH)–C–C–N with tert-alkyl or cyclic N) is 1. The maximum Gasteiger partial charge on any atom is 0.178 e. The number of piperazine rings is 1. The number of hydrogen-bond donors (Lipinski definition) is 2. The highest BCUT2D eigenvalue weighted by molar-refractivity contribution is 7.91. The van der Waals surface area contributed by atoms with Gasteiger partial charge in [0.15, 0.2) is 9.84 Å². The van der Waals surface area contributed by atoms with Gasteiger partial charge in [-0.3, -0.25) is 4.90 Å². The van der Waals surface area contributed by atoms with Crippen LogP contribution in [0.2, 0.25) is 0 Å². The standard InChI is InChI=1S/C20H34N2O4S/c1-4-5-6-15-27(24,25)18-9-7-17(8-10-18)26-20(2,3)19(23)16-22-13-11-21-12-14-22/h7-10,19,21,23H,4-6,11-16H2,1-3H3. The van der Waals surface area contributed by atoms with E-state index in [-0.39, 0.29) is 5.75 Å². The molecule has 2 rings (SSSR count). The monoisotopic (exact) mass is 398 g/mol. The van der Waals surface area contributed by atoms with Crippen molar-refractivity contribution in [2.45, 2.75) is 56.6 Å². The van der Waals surface area contributed by atoms with Gasteiger partial charge in [-0.1, -0.05) is 19.8 Å². The lowest BCUT2D eigenvalue weighted by atomic mass is 10.0. The summed E-state index contributed by atoms with van der Waals surface area (Å²) >= 11 is 0. The largest absolute Gasteiger partial charge is 0.485 e. The van der Waals surface area contributed by atoms with E-state index in [2.05, 4.69) is 17.1 Å². The fourth-order valence-electron chi connectivity index (χ4n) is 3.10. The molecule has 1 unspecified atom stereocenters. The Labute approximate surface area is 163 Å². The van der Waals surface area contributed by atoms with Gasteiger partial charge in [0.2, 0.25) is 0 Å². The normalized spacial score (nSPS) is 17.6. The lowest BCUT2D eigenvalue weighted by Gasteiger charge is -2.36. The number of aliphatic hydroxyl groups excluding tert-OH is 1. The first-order valence-electron chi connectivity index (χ1n) is 9.87. The fraction of sp³-hybridized carbons (Fsp3) is 0.700. The molecular weight excluding hydrogens is 364 g/mol. The van der Waals surface area contributed by atoms with Gasteiger partial charge >= 0.3 is 0 Å². The van der Waals surface area contributed by atoms with E-state index in [1.807, 2.05) is 13.8 Å². The Balaban J connectivity index is 1.95. The second-order valence-corrected chi connectivity index (χ2v) is 9.88. The van der Waals surface area contributed by atoms with E-state index in [9.17, 15) is 13.5 Å². The van der Waals surface area contributed by atoms with E-state index in [0.717, 1.165) is 39.0 Å². The molecule has 2 N–H and O–H groups in total. The van der Waals surface area contributed by atoms with Crippen LogP contribution >= 0.6 is 0 Å². The smallest absolute Gasteiger partial charge is 0.178 e. The zero-order valence-electron chi connectivity index (χ0n) is 16.8. The quantitative estimate of drug-likeness (QED) is 0.588. The van der Waals surface area contributed by atoms with Crippen molar-refractivity contribution in [3.8, 4) is 5.75 Å². The van der Waals surface area contributed by atoms with E-state index >= 15 is 0 Å². The predicted octanol–water partition coefficient (Wildman–Crippen LogP) is 2.07. The van der Waals surface area contributed by atoms with Gasteiger partial charge in [0.05, 0.1) is 10.6 Å². The first kappa shape index (κ1) is 22.1. The van der Waals surface area contributed by atoms with Gasteiger partial charge < -0.3 is 15.2 Å². The third-order valence-electron chi connectivity index (χ3n) is 5.02. The maximum atomic E-state index is 12.3. The summed E-state index contributed by atoms with van der Waals surface area (Å²) in [5.74, 6) is 0.738. The van der Waals surface area contributed by atoms with Crippen molar-refractivity contribution in [2.75, 3.05) is 38.5 Å². The molecule has 1 heterocycles. The van der Waals surface area contributed by atoms with E-state index in [1.54, 1.807) is 24.3 Å². The van der Waals surface area contributed by atoms with Crippen molar-refractivity contribution in [1.82, 2.24) is 10.2 Å². The number of rotatable bonds is 10. The van der Waals surface area contributed by atoms with Crippen LogP contribution in [-0.4, -0.2) is 68.6 Å². The van der Waals surface area contributed by atoms with Gasteiger partial charge in [0.25, 0.3) is 0 Å². The number of nitrogens with one attached hydrogen (secondary N) is 1. The molecule has 0 radical (unpaired) electrons. The van der Waals surface area contributed by atoms with Crippen LogP contribution in [0.15, 0.2) is 29.2 Å². The Kier molecular flexibility index (Phi) is 8.09. The van der Waals surface area contributed by atoms with Crippen molar-refractivity contribution < 1.29 is 18.3 Å². The maximum absolute atomic E-state index is 12.3. The van der Waals surface area contributed by atoms with Crippen LogP contribution in [0.4, 0.5) is 0 Å². The van der Waals surface area contributed by atoms with E-state index in [0.29, 0.717) is 23.6 Å². The van der Waals surface area contributed by atoms with Crippen LogP contribution in [0.3, 0.4) is 0 Å². The van der Waals surface area contributed by atoms with Crippen LogP contribution in [0.25, 0.3) is 0 Å². The first-order valence-corrected chi connectivity index (χ1v) is 11.5. The van der Waals surface area contributed by atoms with Gasteiger partial charge in [-0.05, 0) is 44.5 Å². The zero-order valence-corrected chi connectivity index (χ0v) is 17.6. The SMILES string of the molecule is CCCCCS(=O)(=O)c1ccc(OC(C)(C)C(O)CN2CCNCC2)cc1. The molecule has 0 saturated carbocycles. The molecule has 1 aliphatic rings. The lowest BCUT2D eigenvalue weighted by Crippen LogP contribution is -2.52. The third kappa shape index (κ3) is 6.75. The number of ether oxygens (including phenoxy) is 1. The highest BCUT2D eigenvalue weighted by atomic mass is 32.2. The second-order valence-electron chi connectivity index (χ2n) is 7.77. The Morgan fingerprint density at radius 3 is 2.41 bits per heavy atom. The van der Waals surface area contributed by atoms with Gasteiger partial charge in [-0.2, -0.15) is 0 Å². The Bertz CT molecular complexity index is 668. The second kappa shape index (κ2) is 9.87. The third-order valence-corrected chi connectivity index (χ3v) is 6.84. The highest BCUT2D eigenvalue weighted by Crippen LogP contribution is 2.24. The molecule has 1 atom stereocenters. The summed E-state index contributed by atoms with van der Waals surface area (Å²) in [6, 6.07) is 6.53. The summed E-state index contributed by atoms with van der Waals surface area (Å²) in [6.07, 6.45) is 1.95. The van der Waals surface area contributed by atoms with Crippen molar-refractivity contribution >= 4 is 9.84 Å². The molecule has 1 aromatic carbocycles. The number of hydrogen-bond acceptors (Lipinski definition) is 6. The molecule has 1 saturated heterocycles. The Morgan fingerprint density at radius 1 is 1.19 bits per heavy atom. The van der Waals surface area contributed by atoms with Crippen LogP contribution in [0.5, 0.6) is 5.75 Å². The Hall–Kier alpha value is -1.15. The van der Waals surface area contributed by atoms with Crippen molar-refractivity contribution in [3.63, 3.8) is 0 Å². The molecule has 27 heavy (non-hydrogen) atoms. The summed E-state index contributed by atoms with van der Waals surface area (Å²) in [5.41, 5.74) is -0.771. The molecule has 0 bridgehead atoms. The lowest BCUT2D eigenvalue weighted by molar-refractivity contribution is -0.0456. The van der Waals surface area contributed by atoms with Gasteiger partial charge in [0.1, 0.15) is 17.5 Å². The minimum absolute atomic E-state index is 0.177. The molecule has 6 nitrogen and oxygen atoms in total. The molecule has 1 fully saturated rings. The summed E-state index contributed by atoms with van der Waals surface area (Å²) in [5, 5.41) is 13.9. The predicted molar refractivity (Wildman–Crippen MR) is 108 cm³/mol. The van der Waals surface area contributed by atoms with Crippen LogP contribution in [0.1, 0.15) is 40.0 Å². The molecule has 1 aromatic rings. The zero-order chi connectivity index (χ0) is 19.9. The van der Waals surface area contributed by atoms with E-state index < -0.39 is 21.5 Å². The molecule has 1 aliphatic heterocycles. The van der Waals surface area contributed by atoms with Crippen LogP contribution < -0.4 is 10.1 Å². The average Bonchev–Trinajstić information content (AvgIpc) is 2.63. The average molecular weight is 399 g/mol. The van der Waals surface area contributed by atoms with E-state index in [1.165, 1.54) is 0 Å².